The molecule has 0 atom stereocenters. The Morgan fingerprint density at radius 2 is 1.47 bits per heavy atom. The summed E-state index contributed by atoms with van der Waals surface area (Å²) in [6.45, 7) is 6.31. The van der Waals surface area contributed by atoms with Crippen LogP contribution in [-0.2, 0) is 5.41 Å². The minimum absolute atomic E-state index is 0.00406. The van der Waals surface area contributed by atoms with Gasteiger partial charge in [0.25, 0.3) is 0 Å². The van der Waals surface area contributed by atoms with Crippen LogP contribution in [0.1, 0.15) is 36.7 Å². The summed E-state index contributed by atoms with van der Waals surface area (Å²) in [5.41, 5.74) is 2.56. The van der Waals surface area contributed by atoms with Crippen LogP contribution in [0.2, 0.25) is 0 Å². The standard InChI is InChI=1S/C24H21F3O3/c1-23(2,3)19-9-11-20(12-10-19)29-22-14-17(7-8-18(22)15-28)16-5-4-6-21(13-16)30-24(25,26)27/h4-15H,1-3H3. The zero-order valence-electron chi connectivity index (χ0n) is 16.8. The summed E-state index contributed by atoms with van der Waals surface area (Å²) < 4.78 is 47.4. The SMILES string of the molecule is CC(C)(C)c1ccc(Oc2cc(-c3cccc(OC(F)(F)F)c3)ccc2C=O)cc1. The predicted octanol–water partition coefficient (Wildman–Crippen LogP) is 7.15. The minimum Gasteiger partial charge on any atom is -0.457 e. The number of hydrogen-bond donors (Lipinski definition) is 0. The number of halogens is 3. The first kappa shape index (κ1) is 21.4. The topological polar surface area (TPSA) is 35.5 Å². The van der Waals surface area contributed by atoms with E-state index in [1.807, 2.05) is 24.3 Å². The van der Waals surface area contributed by atoms with E-state index in [1.165, 1.54) is 18.2 Å². The molecule has 0 bridgehead atoms. The van der Waals surface area contributed by atoms with Crippen LogP contribution in [0.3, 0.4) is 0 Å². The van der Waals surface area contributed by atoms with E-state index in [-0.39, 0.29) is 11.2 Å². The van der Waals surface area contributed by atoms with Gasteiger partial charge in [0.2, 0.25) is 0 Å². The van der Waals surface area contributed by atoms with E-state index < -0.39 is 6.36 Å². The van der Waals surface area contributed by atoms with Gasteiger partial charge in [-0.05, 0) is 58.5 Å². The Labute approximate surface area is 173 Å². The molecule has 0 saturated carbocycles. The van der Waals surface area contributed by atoms with Crippen molar-refractivity contribution >= 4 is 6.29 Å². The van der Waals surface area contributed by atoms with Crippen molar-refractivity contribution in [3.63, 3.8) is 0 Å². The van der Waals surface area contributed by atoms with E-state index in [0.717, 1.165) is 5.56 Å². The monoisotopic (exact) mass is 414 g/mol. The van der Waals surface area contributed by atoms with Crippen LogP contribution in [-0.4, -0.2) is 12.6 Å². The van der Waals surface area contributed by atoms with Crippen molar-refractivity contribution in [1.29, 1.82) is 0 Å². The van der Waals surface area contributed by atoms with E-state index in [0.29, 0.717) is 34.5 Å². The van der Waals surface area contributed by atoms with Crippen LogP contribution in [0.25, 0.3) is 11.1 Å². The van der Waals surface area contributed by atoms with E-state index in [1.54, 1.807) is 24.3 Å². The van der Waals surface area contributed by atoms with Crippen molar-refractivity contribution in [1.82, 2.24) is 0 Å². The highest BCUT2D eigenvalue weighted by atomic mass is 19.4. The van der Waals surface area contributed by atoms with Crippen LogP contribution < -0.4 is 9.47 Å². The van der Waals surface area contributed by atoms with Crippen LogP contribution >= 0.6 is 0 Å². The molecule has 0 amide bonds. The molecule has 3 aromatic rings. The number of ether oxygens (including phenoxy) is 2. The summed E-state index contributed by atoms with van der Waals surface area (Å²) in [5, 5.41) is 0. The maximum absolute atomic E-state index is 12.5. The summed E-state index contributed by atoms with van der Waals surface area (Å²) >= 11 is 0. The largest absolute Gasteiger partial charge is 0.573 e. The summed E-state index contributed by atoms with van der Waals surface area (Å²) in [6.07, 6.45) is -4.10. The van der Waals surface area contributed by atoms with Crippen LogP contribution in [0.4, 0.5) is 13.2 Å². The summed E-state index contributed by atoms with van der Waals surface area (Å²) in [7, 11) is 0. The number of rotatable bonds is 5. The molecular weight excluding hydrogens is 393 g/mol. The number of carbonyl (C=O) groups excluding carboxylic acids is 1. The summed E-state index contributed by atoms with van der Waals surface area (Å²) in [4.78, 5) is 11.4. The molecule has 0 spiro atoms. The second-order valence-electron chi connectivity index (χ2n) is 7.82. The molecule has 0 N–H and O–H groups in total. The summed E-state index contributed by atoms with van der Waals surface area (Å²) in [5.74, 6) is 0.547. The molecule has 6 heteroatoms. The van der Waals surface area contributed by atoms with Gasteiger partial charge in [-0.2, -0.15) is 0 Å². The lowest BCUT2D eigenvalue weighted by molar-refractivity contribution is -0.274. The highest BCUT2D eigenvalue weighted by Gasteiger charge is 2.31. The Morgan fingerprint density at radius 1 is 0.800 bits per heavy atom. The van der Waals surface area contributed by atoms with Gasteiger partial charge >= 0.3 is 6.36 Å². The maximum atomic E-state index is 12.5. The average molecular weight is 414 g/mol. The van der Waals surface area contributed by atoms with Gasteiger partial charge in [0.1, 0.15) is 17.2 Å². The molecule has 3 aromatic carbocycles. The van der Waals surface area contributed by atoms with Crippen molar-refractivity contribution in [2.24, 2.45) is 0 Å². The van der Waals surface area contributed by atoms with Gasteiger partial charge in [-0.3, -0.25) is 4.79 Å². The fraction of sp³-hybridized carbons (Fsp3) is 0.208. The predicted molar refractivity (Wildman–Crippen MR) is 109 cm³/mol. The lowest BCUT2D eigenvalue weighted by Gasteiger charge is -2.19. The van der Waals surface area contributed by atoms with Gasteiger partial charge in [-0.15, -0.1) is 13.2 Å². The second kappa shape index (κ2) is 8.22. The molecule has 0 aliphatic rings. The number of aldehydes is 1. The second-order valence-corrected chi connectivity index (χ2v) is 7.82. The van der Waals surface area contributed by atoms with Gasteiger partial charge < -0.3 is 9.47 Å². The van der Waals surface area contributed by atoms with Gasteiger partial charge in [0.15, 0.2) is 6.29 Å². The number of benzene rings is 3. The third-order valence-corrected chi connectivity index (χ3v) is 4.49. The molecule has 3 rings (SSSR count). The third kappa shape index (κ3) is 5.41. The maximum Gasteiger partial charge on any atom is 0.573 e. The molecule has 0 aliphatic heterocycles. The third-order valence-electron chi connectivity index (χ3n) is 4.49. The Kier molecular flexibility index (Phi) is 5.87. The normalized spacial score (nSPS) is 11.8. The highest BCUT2D eigenvalue weighted by molar-refractivity contribution is 5.82. The fourth-order valence-corrected chi connectivity index (χ4v) is 2.92. The zero-order chi connectivity index (χ0) is 21.9. The molecule has 0 heterocycles. The van der Waals surface area contributed by atoms with Crippen molar-refractivity contribution in [2.75, 3.05) is 0 Å². The zero-order valence-corrected chi connectivity index (χ0v) is 16.8. The average Bonchev–Trinajstić information content (AvgIpc) is 2.66. The fourth-order valence-electron chi connectivity index (χ4n) is 2.92. The smallest absolute Gasteiger partial charge is 0.457 e. The molecule has 3 nitrogen and oxygen atoms in total. The number of carbonyl (C=O) groups is 1. The minimum atomic E-state index is -4.77. The van der Waals surface area contributed by atoms with E-state index >= 15 is 0 Å². The quantitative estimate of drug-likeness (QED) is 0.416. The lowest BCUT2D eigenvalue weighted by atomic mass is 9.87. The molecule has 0 aliphatic carbocycles. The molecule has 30 heavy (non-hydrogen) atoms. The summed E-state index contributed by atoms with van der Waals surface area (Å²) in [6, 6.07) is 18.0. The first-order valence-corrected chi connectivity index (χ1v) is 9.29. The first-order valence-electron chi connectivity index (χ1n) is 9.29. The van der Waals surface area contributed by atoms with Crippen molar-refractivity contribution < 1.29 is 27.4 Å². The van der Waals surface area contributed by atoms with Crippen molar-refractivity contribution in [2.45, 2.75) is 32.5 Å². The molecule has 0 aromatic heterocycles. The lowest BCUT2D eigenvalue weighted by Crippen LogP contribution is -2.17. The molecule has 0 saturated heterocycles. The molecular formula is C24H21F3O3. The Morgan fingerprint density at radius 3 is 2.07 bits per heavy atom. The number of hydrogen-bond acceptors (Lipinski definition) is 3. The Balaban J connectivity index is 1.91. The van der Waals surface area contributed by atoms with E-state index in [4.69, 9.17) is 4.74 Å². The van der Waals surface area contributed by atoms with Crippen LogP contribution in [0, 0.1) is 0 Å². The highest BCUT2D eigenvalue weighted by Crippen LogP contribution is 2.33. The van der Waals surface area contributed by atoms with Crippen LogP contribution in [0.5, 0.6) is 17.2 Å². The Bertz CT molecular complexity index is 1030. The van der Waals surface area contributed by atoms with Gasteiger partial charge in [0, 0.05) is 0 Å². The van der Waals surface area contributed by atoms with Crippen molar-refractivity contribution in [3.8, 4) is 28.4 Å². The van der Waals surface area contributed by atoms with Gasteiger partial charge in [0.05, 0.1) is 5.56 Å². The van der Waals surface area contributed by atoms with Gasteiger partial charge in [-0.25, -0.2) is 0 Å². The first-order chi connectivity index (χ1) is 14.0. The van der Waals surface area contributed by atoms with Crippen LogP contribution in [0.15, 0.2) is 66.7 Å². The van der Waals surface area contributed by atoms with Crippen molar-refractivity contribution in [3.05, 3.63) is 77.9 Å². The molecule has 0 unspecified atom stereocenters. The van der Waals surface area contributed by atoms with Gasteiger partial charge in [-0.1, -0.05) is 51.1 Å². The van der Waals surface area contributed by atoms with E-state index in [9.17, 15) is 18.0 Å². The molecule has 156 valence electrons. The number of alkyl halides is 3. The molecule has 0 radical (unpaired) electrons. The Hall–Kier alpha value is -3.28. The van der Waals surface area contributed by atoms with E-state index in [2.05, 4.69) is 25.5 Å². The molecule has 0 fully saturated rings.